The van der Waals surface area contributed by atoms with Gasteiger partial charge >= 0.3 is 0 Å². The summed E-state index contributed by atoms with van der Waals surface area (Å²) in [5.41, 5.74) is 1.71. The Kier molecular flexibility index (Phi) is 5.43. The van der Waals surface area contributed by atoms with Crippen molar-refractivity contribution in [3.63, 3.8) is 0 Å². The molecule has 26 heavy (non-hydrogen) atoms. The van der Waals surface area contributed by atoms with Crippen molar-refractivity contribution >= 4 is 28.9 Å². The molecule has 0 bridgehead atoms. The van der Waals surface area contributed by atoms with E-state index in [0.29, 0.717) is 22.8 Å². The molecule has 0 aliphatic rings. The Morgan fingerprint density at radius 2 is 1.81 bits per heavy atom. The van der Waals surface area contributed by atoms with E-state index in [1.54, 1.807) is 12.1 Å². The normalized spacial score (nSPS) is 10.4. The van der Waals surface area contributed by atoms with Gasteiger partial charge in [0.05, 0.1) is 23.1 Å². The fourth-order valence-corrected chi connectivity index (χ4v) is 2.39. The summed E-state index contributed by atoms with van der Waals surface area (Å²) in [5.74, 6) is -1.72. The molecule has 0 radical (unpaired) electrons. The Balaban J connectivity index is 1.68. The van der Waals surface area contributed by atoms with Gasteiger partial charge in [-0.1, -0.05) is 23.7 Å². The number of carbonyl (C=O) groups excluding carboxylic acids is 1. The monoisotopic (exact) mass is 373 g/mol. The molecule has 4 nitrogen and oxygen atoms in total. The molecule has 0 aliphatic heterocycles. The molecule has 1 amide bonds. The van der Waals surface area contributed by atoms with Crippen molar-refractivity contribution in [1.29, 1.82) is 0 Å². The number of aromatic nitrogens is 1. The van der Waals surface area contributed by atoms with Crippen LogP contribution < -0.4 is 10.6 Å². The van der Waals surface area contributed by atoms with Gasteiger partial charge in [0.15, 0.2) is 0 Å². The van der Waals surface area contributed by atoms with Gasteiger partial charge < -0.3 is 10.6 Å². The average molecular weight is 374 g/mol. The zero-order valence-corrected chi connectivity index (χ0v) is 14.2. The van der Waals surface area contributed by atoms with Crippen LogP contribution in [0, 0.1) is 11.6 Å². The van der Waals surface area contributed by atoms with Crippen molar-refractivity contribution < 1.29 is 13.6 Å². The Morgan fingerprint density at radius 3 is 2.54 bits per heavy atom. The minimum atomic E-state index is -0.734. The molecule has 2 aromatic carbocycles. The number of anilines is 2. The molecule has 132 valence electrons. The Labute approximate surface area is 153 Å². The first-order valence-corrected chi connectivity index (χ1v) is 8.09. The molecular formula is C19H14ClF2N3O. The van der Waals surface area contributed by atoms with Crippen molar-refractivity contribution in [2.45, 2.75) is 6.54 Å². The lowest BCUT2D eigenvalue weighted by Gasteiger charge is -2.09. The van der Waals surface area contributed by atoms with E-state index in [1.807, 2.05) is 12.1 Å². The van der Waals surface area contributed by atoms with Gasteiger partial charge in [-0.2, -0.15) is 0 Å². The van der Waals surface area contributed by atoms with Crippen LogP contribution in [0.1, 0.15) is 15.9 Å². The SMILES string of the molecule is O=C(NCc1ccc(Cl)cc1)c1cncc(Nc2ccc(F)cc2F)c1. The van der Waals surface area contributed by atoms with Crippen LogP contribution in [0.15, 0.2) is 60.9 Å². The standard InChI is InChI=1S/C19H14ClF2N3O/c20-14-3-1-12(2-4-14)9-24-19(26)13-7-16(11-23-10-13)25-18-6-5-15(21)8-17(18)22/h1-8,10-11,25H,9H2,(H,24,26). The molecule has 0 aliphatic carbocycles. The van der Waals surface area contributed by atoms with Gasteiger partial charge in [0.1, 0.15) is 11.6 Å². The van der Waals surface area contributed by atoms with Crippen molar-refractivity contribution in [2.24, 2.45) is 0 Å². The van der Waals surface area contributed by atoms with Crippen LogP contribution in [0.5, 0.6) is 0 Å². The maximum Gasteiger partial charge on any atom is 0.253 e. The minimum absolute atomic E-state index is 0.0897. The van der Waals surface area contributed by atoms with Gasteiger partial charge in [-0.25, -0.2) is 8.78 Å². The van der Waals surface area contributed by atoms with Gasteiger partial charge in [0.2, 0.25) is 0 Å². The number of carbonyl (C=O) groups is 1. The summed E-state index contributed by atoms with van der Waals surface area (Å²) in [5, 5.41) is 6.17. The Bertz CT molecular complexity index is 932. The van der Waals surface area contributed by atoms with E-state index in [9.17, 15) is 13.6 Å². The summed E-state index contributed by atoms with van der Waals surface area (Å²) < 4.78 is 26.7. The van der Waals surface area contributed by atoms with Crippen LogP contribution in [-0.4, -0.2) is 10.9 Å². The minimum Gasteiger partial charge on any atom is -0.352 e. The zero-order chi connectivity index (χ0) is 18.5. The van der Waals surface area contributed by atoms with Gasteiger partial charge in [0.25, 0.3) is 5.91 Å². The number of pyridine rings is 1. The number of hydrogen-bond donors (Lipinski definition) is 2. The average Bonchev–Trinajstić information content (AvgIpc) is 2.63. The quantitative estimate of drug-likeness (QED) is 0.682. The number of nitrogens with zero attached hydrogens (tertiary/aromatic N) is 1. The van der Waals surface area contributed by atoms with Gasteiger partial charge in [-0.15, -0.1) is 0 Å². The summed E-state index contributed by atoms with van der Waals surface area (Å²) in [4.78, 5) is 16.3. The Morgan fingerprint density at radius 1 is 1.04 bits per heavy atom. The van der Waals surface area contributed by atoms with E-state index in [1.165, 1.54) is 24.5 Å². The summed E-state index contributed by atoms with van der Waals surface area (Å²) in [6.45, 7) is 0.334. The lowest BCUT2D eigenvalue weighted by Crippen LogP contribution is -2.23. The van der Waals surface area contributed by atoms with Gasteiger partial charge in [0, 0.05) is 23.8 Å². The van der Waals surface area contributed by atoms with Gasteiger partial charge in [-0.05, 0) is 35.9 Å². The number of halogens is 3. The van der Waals surface area contributed by atoms with Crippen LogP contribution in [0.2, 0.25) is 5.02 Å². The zero-order valence-electron chi connectivity index (χ0n) is 13.5. The van der Waals surface area contributed by atoms with E-state index < -0.39 is 11.6 Å². The molecule has 2 N–H and O–H groups in total. The van der Waals surface area contributed by atoms with Gasteiger partial charge in [-0.3, -0.25) is 9.78 Å². The van der Waals surface area contributed by atoms with E-state index in [4.69, 9.17) is 11.6 Å². The molecule has 3 aromatic rings. The summed E-state index contributed by atoms with van der Waals surface area (Å²) in [6.07, 6.45) is 2.85. The van der Waals surface area contributed by atoms with Crippen molar-refractivity contribution in [2.75, 3.05) is 5.32 Å². The Hall–Kier alpha value is -2.99. The molecule has 0 unspecified atom stereocenters. The maximum absolute atomic E-state index is 13.7. The summed E-state index contributed by atoms with van der Waals surface area (Å²) >= 11 is 5.82. The fourth-order valence-electron chi connectivity index (χ4n) is 2.27. The van der Waals surface area contributed by atoms with Crippen LogP contribution in [-0.2, 0) is 6.54 Å². The largest absolute Gasteiger partial charge is 0.352 e. The molecule has 3 rings (SSSR count). The molecule has 0 saturated carbocycles. The highest BCUT2D eigenvalue weighted by atomic mass is 35.5. The first-order valence-electron chi connectivity index (χ1n) is 7.71. The third kappa shape index (κ3) is 4.55. The van der Waals surface area contributed by atoms with Crippen LogP contribution in [0.25, 0.3) is 0 Å². The van der Waals surface area contributed by atoms with E-state index in [-0.39, 0.29) is 11.6 Å². The lowest BCUT2D eigenvalue weighted by atomic mass is 10.2. The van der Waals surface area contributed by atoms with E-state index in [2.05, 4.69) is 15.6 Å². The second-order valence-electron chi connectivity index (χ2n) is 5.52. The first-order chi connectivity index (χ1) is 12.5. The second kappa shape index (κ2) is 7.93. The summed E-state index contributed by atoms with van der Waals surface area (Å²) in [7, 11) is 0. The predicted molar refractivity (Wildman–Crippen MR) is 96.5 cm³/mol. The lowest BCUT2D eigenvalue weighted by molar-refractivity contribution is 0.0950. The van der Waals surface area contributed by atoms with E-state index in [0.717, 1.165) is 17.7 Å². The third-order valence-electron chi connectivity index (χ3n) is 3.58. The van der Waals surface area contributed by atoms with Crippen molar-refractivity contribution in [3.8, 4) is 0 Å². The first kappa shape index (κ1) is 17.8. The molecule has 1 aromatic heterocycles. The fraction of sp³-hybridized carbons (Fsp3) is 0.0526. The second-order valence-corrected chi connectivity index (χ2v) is 5.96. The number of rotatable bonds is 5. The maximum atomic E-state index is 13.7. The molecule has 0 fully saturated rings. The highest BCUT2D eigenvalue weighted by Crippen LogP contribution is 2.20. The van der Waals surface area contributed by atoms with Crippen LogP contribution in [0.4, 0.5) is 20.2 Å². The predicted octanol–water partition coefficient (Wildman–Crippen LogP) is 4.69. The number of amides is 1. The molecule has 0 atom stereocenters. The number of nitrogens with one attached hydrogen (secondary N) is 2. The molecular weight excluding hydrogens is 360 g/mol. The van der Waals surface area contributed by atoms with Crippen LogP contribution in [0.3, 0.4) is 0 Å². The van der Waals surface area contributed by atoms with Crippen LogP contribution >= 0.6 is 11.6 Å². The van der Waals surface area contributed by atoms with Crippen molar-refractivity contribution in [3.05, 3.63) is 88.7 Å². The topological polar surface area (TPSA) is 54.0 Å². The molecule has 0 spiro atoms. The smallest absolute Gasteiger partial charge is 0.253 e. The van der Waals surface area contributed by atoms with E-state index >= 15 is 0 Å². The number of hydrogen-bond acceptors (Lipinski definition) is 3. The highest BCUT2D eigenvalue weighted by molar-refractivity contribution is 6.30. The molecule has 0 saturated heterocycles. The number of benzene rings is 2. The van der Waals surface area contributed by atoms with Crippen molar-refractivity contribution in [1.82, 2.24) is 10.3 Å². The molecule has 7 heteroatoms. The third-order valence-corrected chi connectivity index (χ3v) is 3.83. The molecule has 1 heterocycles. The summed E-state index contributed by atoms with van der Waals surface area (Å²) in [6, 6.07) is 11.8. The highest BCUT2D eigenvalue weighted by Gasteiger charge is 2.09.